The van der Waals surface area contributed by atoms with Crippen LogP contribution in [0, 0.1) is 6.92 Å². The third-order valence-electron chi connectivity index (χ3n) is 6.05. The van der Waals surface area contributed by atoms with Gasteiger partial charge in [-0.25, -0.2) is 4.98 Å². The Balaban J connectivity index is 1.43. The first-order chi connectivity index (χ1) is 14.0. The number of likely N-dealkylation sites (N-methyl/N-ethyl adjacent to an activating group) is 1. The van der Waals surface area contributed by atoms with Gasteiger partial charge in [0.1, 0.15) is 5.75 Å². The van der Waals surface area contributed by atoms with Gasteiger partial charge in [0.15, 0.2) is 6.61 Å². The summed E-state index contributed by atoms with van der Waals surface area (Å²) in [5, 5.41) is 0. The molecule has 0 N–H and O–H groups in total. The van der Waals surface area contributed by atoms with Crippen LogP contribution in [-0.4, -0.2) is 61.1 Å². The van der Waals surface area contributed by atoms with Gasteiger partial charge >= 0.3 is 0 Å². The fourth-order valence-electron chi connectivity index (χ4n) is 4.19. The molecule has 0 radical (unpaired) electrons. The predicted octanol–water partition coefficient (Wildman–Crippen LogP) is 2.98. The van der Waals surface area contributed by atoms with E-state index in [1.807, 2.05) is 11.6 Å². The van der Waals surface area contributed by atoms with Crippen molar-refractivity contribution < 1.29 is 14.3 Å². The van der Waals surface area contributed by atoms with E-state index in [-0.39, 0.29) is 18.1 Å². The van der Waals surface area contributed by atoms with E-state index >= 15 is 0 Å². The van der Waals surface area contributed by atoms with Crippen LogP contribution in [0.4, 0.5) is 0 Å². The third-order valence-corrected chi connectivity index (χ3v) is 6.97. The van der Waals surface area contributed by atoms with E-state index in [0.717, 1.165) is 56.9 Å². The maximum atomic E-state index is 11.8. The minimum atomic E-state index is -0.190. The second-order valence-electron chi connectivity index (χ2n) is 8.13. The van der Waals surface area contributed by atoms with Crippen LogP contribution in [0.3, 0.4) is 0 Å². The van der Waals surface area contributed by atoms with Crippen molar-refractivity contribution in [2.45, 2.75) is 38.3 Å². The molecular formula is C22H29N3O3S. The van der Waals surface area contributed by atoms with E-state index in [1.165, 1.54) is 16.0 Å². The fourth-order valence-corrected chi connectivity index (χ4v) is 5.00. The van der Waals surface area contributed by atoms with Gasteiger partial charge in [0.05, 0.1) is 23.4 Å². The average Bonchev–Trinajstić information content (AvgIpc) is 3.12. The number of ether oxygens (including phenoxy) is 2. The number of nitrogens with zero attached hydrogens (tertiary/aromatic N) is 3. The first-order valence-electron chi connectivity index (χ1n) is 10.2. The van der Waals surface area contributed by atoms with Crippen LogP contribution < -0.4 is 4.74 Å². The number of rotatable bonds is 5. The molecule has 0 unspecified atom stereocenters. The second-order valence-corrected chi connectivity index (χ2v) is 9.06. The van der Waals surface area contributed by atoms with Crippen LogP contribution >= 0.6 is 11.3 Å². The molecule has 1 saturated heterocycles. The highest BCUT2D eigenvalue weighted by Crippen LogP contribution is 2.42. The number of likely N-dealkylation sites (tertiary alicyclic amines) is 1. The number of fused-ring (bicyclic) bond motifs is 2. The van der Waals surface area contributed by atoms with Gasteiger partial charge in [-0.05, 0) is 49.4 Å². The molecule has 0 aliphatic carbocycles. The predicted molar refractivity (Wildman–Crippen MR) is 113 cm³/mol. The molecule has 3 heterocycles. The van der Waals surface area contributed by atoms with Crippen molar-refractivity contribution in [2.75, 3.05) is 40.4 Å². The lowest BCUT2D eigenvalue weighted by molar-refractivity contribution is -0.130. The van der Waals surface area contributed by atoms with Crippen molar-refractivity contribution in [3.63, 3.8) is 0 Å². The highest BCUT2D eigenvalue weighted by atomic mass is 32.1. The average molecular weight is 416 g/mol. The molecule has 2 aromatic rings. The number of amides is 1. The third kappa shape index (κ3) is 4.32. The number of aromatic nitrogens is 1. The molecule has 1 spiro atoms. The summed E-state index contributed by atoms with van der Waals surface area (Å²) < 4.78 is 12.1. The van der Waals surface area contributed by atoms with Gasteiger partial charge in [0.25, 0.3) is 5.91 Å². The van der Waals surface area contributed by atoms with Crippen LogP contribution in [0.2, 0.25) is 0 Å². The van der Waals surface area contributed by atoms with Crippen molar-refractivity contribution >= 4 is 17.2 Å². The summed E-state index contributed by atoms with van der Waals surface area (Å²) in [5.41, 5.74) is 5.48. The maximum absolute atomic E-state index is 11.8. The van der Waals surface area contributed by atoms with E-state index in [2.05, 4.69) is 28.9 Å². The molecule has 1 amide bonds. The molecule has 2 aliphatic heterocycles. The smallest absolute Gasteiger partial charge is 0.259 e. The topological polar surface area (TPSA) is 54.9 Å². The first-order valence-corrected chi connectivity index (χ1v) is 11.1. The highest BCUT2D eigenvalue weighted by Gasteiger charge is 2.40. The summed E-state index contributed by atoms with van der Waals surface area (Å²) in [5.74, 6) is 0.722. The lowest BCUT2D eigenvalue weighted by Gasteiger charge is -2.45. The van der Waals surface area contributed by atoms with Crippen molar-refractivity contribution in [1.29, 1.82) is 0 Å². The van der Waals surface area contributed by atoms with E-state index in [4.69, 9.17) is 9.47 Å². The first kappa shape index (κ1) is 20.3. The van der Waals surface area contributed by atoms with Crippen molar-refractivity contribution in [2.24, 2.45) is 0 Å². The zero-order valence-corrected chi connectivity index (χ0v) is 18.3. The van der Waals surface area contributed by atoms with E-state index in [9.17, 15) is 4.79 Å². The zero-order chi connectivity index (χ0) is 20.4. The molecule has 6 nitrogen and oxygen atoms in total. The Morgan fingerprint density at radius 1 is 1.34 bits per heavy atom. The molecular weight excluding hydrogens is 386 g/mol. The van der Waals surface area contributed by atoms with Crippen LogP contribution in [0.25, 0.3) is 0 Å². The number of piperidine rings is 1. The van der Waals surface area contributed by atoms with Gasteiger partial charge in [0.2, 0.25) is 0 Å². The minimum Gasteiger partial charge on any atom is -0.484 e. The molecule has 7 heteroatoms. The summed E-state index contributed by atoms with van der Waals surface area (Å²) >= 11 is 1.74. The van der Waals surface area contributed by atoms with Crippen molar-refractivity contribution in [3.05, 3.63) is 45.4 Å². The Hall–Kier alpha value is -1.96. The summed E-state index contributed by atoms with van der Waals surface area (Å²) in [6.07, 6.45) is 2.88. The normalized spacial score (nSPS) is 18.4. The molecule has 4 rings (SSSR count). The second kappa shape index (κ2) is 8.42. The van der Waals surface area contributed by atoms with Gasteiger partial charge in [-0.1, -0.05) is 6.07 Å². The molecule has 156 valence electrons. The molecule has 29 heavy (non-hydrogen) atoms. The number of carbonyl (C=O) groups is 1. The fraction of sp³-hybridized carbons (Fsp3) is 0.545. The Kier molecular flexibility index (Phi) is 5.90. The minimum absolute atomic E-state index is 0.0360. The molecule has 0 bridgehead atoms. The number of hydrogen-bond donors (Lipinski definition) is 0. The number of thiazole rings is 1. The Labute approximate surface area is 176 Å². The van der Waals surface area contributed by atoms with E-state index < -0.39 is 0 Å². The molecule has 0 saturated carbocycles. The molecule has 1 fully saturated rings. The summed E-state index contributed by atoms with van der Waals surface area (Å²) in [7, 11) is 3.48. The van der Waals surface area contributed by atoms with Crippen LogP contribution in [0.5, 0.6) is 5.75 Å². The van der Waals surface area contributed by atoms with Gasteiger partial charge in [-0.15, -0.1) is 11.3 Å². The molecule has 0 atom stereocenters. The van der Waals surface area contributed by atoms with Crippen molar-refractivity contribution in [3.8, 4) is 5.75 Å². The Morgan fingerprint density at radius 2 is 2.14 bits per heavy atom. The lowest BCUT2D eigenvalue weighted by Crippen LogP contribution is -2.46. The van der Waals surface area contributed by atoms with Crippen LogP contribution in [0.15, 0.2) is 23.7 Å². The summed E-state index contributed by atoms with van der Waals surface area (Å²) in [4.78, 5) is 21.6. The van der Waals surface area contributed by atoms with Gasteiger partial charge in [-0.2, -0.15) is 0 Å². The zero-order valence-electron chi connectivity index (χ0n) is 17.4. The summed E-state index contributed by atoms with van der Waals surface area (Å²) in [6.45, 7) is 5.91. The summed E-state index contributed by atoms with van der Waals surface area (Å²) in [6, 6.07) is 6.22. The Morgan fingerprint density at radius 3 is 2.83 bits per heavy atom. The largest absolute Gasteiger partial charge is 0.484 e. The van der Waals surface area contributed by atoms with Crippen molar-refractivity contribution in [1.82, 2.24) is 14.8 Å². The van der Waals surface area contributed by atoms with Gasteiger partial charge in [-0.3, -0.25) is 9.69 Å². The standard InChI is InChI=1S/C22H29N3O3S/c1-16-20(29-15-23-16)13-25-9-7-22(8-10-25)19-5-4-18(12-17(19)6-11-28-22)27-14-21(26)24(2)3/h4-5,12,15H,6-11,13-14H2,1-3H3. The van der Waals surface area contributed by atoms with Crippen LogP contribution in [-0.2, 0) is 28.1 Å². The Bertz CT molecular complexity index is 872. The van der Waals surface area contributed by atoms with Gasteiger partial charge < -0.3 is 14.4 Å². The number of aryl methyl sites for hydroxylation is 1. The van der Waals surface area contributed by atoms with Gasteiger partial charge in [0, 0.05) is 38.6 Å². The number of carbonyl (C=O) groups excluding carboxylic acids is 1. The number of benzene rings is 1. The van der Waals surface area contributed by atoms with Crippen LogP contribution in [0.1, 0.15) is 34.5 Å². The highest BCUT2D eigenvalue weighted by molar-refractivity contribution is 7.09. The molecule has 1 aromatic carbocycles. The SMILES string of the molecule is Cc1ncsc1CN1CCC2(CC1)OCCc1cc(OCC(=O)N(C)C)ccc12. The number of hydrogen-bond acceptors (Lipinski definition) is 6. The van der Waals surface area contributed by atoms with E-state index in [1.54, 1.807) is 30.3 Å². The molecule has 1 aromatic heterocycles. The maximum Gasteiger partial charge on any atom is 0.259 e. The molecule has 2 aliphatic rings. The lowest BCUT2D eigenvalue weighted by atomic mass is 9.79. The monoisotopic (exact) mass is 415 g/mol. The van der Waals surface area contributed by atoms with E-state index in [0.29, 0.717) is 0 Å². The quantitative estimate of drug-likeness (QED) is 0.752.